The summed E-state index contributed by atoms with van der Waals surface area (Å²) >= 11 is 0. The molecule has 1 saturated carbocycles. The van der Waals surface area contributed by atoms with Crippen LogP contribution in [0.3, 0.4) is 0 Å². The maximum absolute atomic E-state index is 11.8. The Bertz CT molecular complexity index is 310. The molecule has 5 nitrogen and oxygen atoms in total. The number of carboxylic acid groups (broad SMARTS) is 1. The summed E-state index contributed by atoms with van der Waals surface area (Å²) < 4.78 is 5.45. The lowest BCUT2D eigenvalue weighted by atomic mass is 9.89. The molecular weight excluding hydrogens is 234 g/mol. The summed E-state index contributed by atoms with van der Waals surface area (Å²) in [6.45, 7) is 4.94. The van der Waals surface area contributed by atoms with E-state index in [2.05, 4.69) is 0 Å². The molecule has 1 fully saturated rings. The van der Waals surface area contributed by atoms with Crippen LogP contribution in [-0.4, -0.2) is 48.7 Å². The topological polar surface area (TPSA) is 66.8 Å². The highest BCUT2D eigenvalue weighted by atomic mass is 16.5. The van der Waals surface area contributed by atoms with Gasteiger partial charge in [0.05, 0.1) is 12.0 Å². The molecule has 0 aromatic rings. The molecule has 1 aliphatic rings. The number of rotatable bonds is 8. The number of nitrogens with zero attached hydrogens (tertiary/aromatic N) is 1. The molecule has 0 aromatic carbocycles. The van der Waals surface area contributed by atoms with Crippen LogP contribution in [0.15, 0.2) is 0 Å². The zero-order chi connectivity index (χ0) is 13.8. The van der Waals surface area contributed by atoms with E-state index in [-0.39, 0.29) is 12.3 Å². The molecule has 0 spiro atoms. The summed E-state index contributed by atoms with van der Waals surface area (Å²) in [5.74, 6) is -0.386. The second-order valence-electron chi connectivity index (χ2n) is 5.70. The molecule has 0 aliphatic heterocycles. The van der Waals surface area contributed by atoms with Crippen molar-refractivity contribution in [2.24, 2.45) is 11.3 Å². The molecule has 5 heteroatoms. The van der Waals surface area contributed by atoms with Gasteiger partial charge in [0.2, 0.25) is 5.91 Å². The molecule has 1 N–H and O–H groups in total. The molecular formula is C13H23NO4. The number of ether oxygens (including phenoxy) is 1. The molecule has 1 rings (SSSR count). The molecule has 1 aliphatic carbocycles. The lowest BCUT2D eigenvalue weighted by Crippen LogP contribution is -2.36. The van der Waals surface area contributed by atoms with Gasteiger partial charge in [-0.3, -0.25) is 9.59 Å². The van der Waals surface area contributed by atoms with E-state index in [1.54, 1.807) is 20.9 Å². The molecule has 0 heterocycles. The van der Waals surface area contributed by atoms with Crippen molar-refractivity contribution in [2.45, 2.75) is 33.1 Å². The van der Waals surface area contributed by atoms with Crippen molar-refractivity contribution in [2.75, 3.05) is 26.8 Å². The Hall–Kier alpha value is -1.10. The maximum Gasteiger partial charge on any atom is 0.309 e. The Morgan fingerprint density at radius 1 is 1.39 bits per heavy atom. The molecule has 1 amide bonds. The second kappa shape index (κ2) is 6.18. The zero-order valence-electron chi connectivity index (χ0n) is 11.4. The highest BCUT2D eigenvalue weighted by Crippen LogP contribution is 2.28. The van der Waals surface area contributed by atoms with Gasteiger partial charge < -0.3 is 14.7 Å². The largest absolute Gasteiger partial charge is 0.481 e. The number of hydrogen-bond acceptors (Lipinski definition) is 3. The number of amides is 1. The van der Waals surface area contributed by atoms with Gasteiger partial charge in [-0.15, -0.1) is 0 Å². The Morgan fingerprint density at radius 2 is 2.00 bits per heavy atom. The Kier molecular flexibility index (Phi) is 5.14. The molecule has 0 saturated heterocycles. The third-order valence-corrected chi connectivity index (χ3v) is 3.22. The van der Waals surface area contributed by atoms with Gasteiger partial charge >= 0.3 is 5.97 Å². The second-order valence-corrected chi connectivity index (χ2v) is 5.70. The fourth-order valence-corrected chi connectivity index (χ4v) is 1.45. The van der Waals surface area contributed by atoms with E-state index in [0.717, 1.165) is 12.5 Å². The molecule has 104 valence electrons. The van der Waals surface area contributed by atoms with Crippen molar-refractivity contribution in [3.8, 4) is 0 Å². The minimum absolute atomic E-state index is 0.0153. The standard InChI is InChI=1S/C13H23NO4/c1-13(2,12(16)17)8-11(15)14(3)6-7-18-9-10-4-5-10/h10H,4-9H2,1-3H3,(H,16,17). The fraction of sp³-hybridized carbons (Fsp3) is 0.846. The number of carbonyl (C=O) groups excluding carboxylic acids is 1. The van der Waals surface area contributed by atoms with Gasteiger partial charge in [-0.25, -0.2) is 0 Å². The van der Waals surface area contributed by atoms with E-state index >= 15 is 0 Å². The van der Waals surface area contributed by atoms with E-state index in [9.17, 15) is 9.59 Å². The molecule has 0 unspecified atom stereocenters. The highest BCUT2D eigenvalue weighted by Gasteiger charge is 2.31. The first-order valence-corrected chi connectivity index (χ1v) is 6.38. The summed E-state index contributed by atoms with van der Waals surface area (Å²) in [6.07, 6.45) is 2.52. The van der Waals surface area contributed by atoms with E-state index in [4.69, 9.17) is 9.84 Å². The first kappa shape index (κ1) is 15.0. The molecule has 0 aromatic heterocycles. The monoisotopic (exact) mass is 257 g/mol. The number of likely N-dealkylation sites (N-methyl/N-ethyl adjacent to an activating group) is 1. The maximum atomic E-state index is 11.8. The summed E-state index contributed by atoms with van der Waals surface area (Å²) in [4.78, 5) is 24.3. The van der Waals surface area contributed by atoms with E-state index in [0.29, 0.717) is 13.2 Å². The fourth-order valence-electron chi connectivity index (χ4n) is 1.45. The Morgan fingerprint density at radius 3 is 2.50 bits per heavy atom. The third kappa shape index (κ3) is 5.04. The van der Waals surface area contributed by atoms with Crippen molar-refractivity contribution in [1.29, 1.82) is 0 Å². The number of carbonyl (C=O) groups is 2. The average Bonchev–Trinajstić information content (AvgIpc) is 3.07. The summed E-state index contributed by atoms with van der Waals surface area (Å²) in [5, 5.41) is 8.96. The van der Waals surface area contributed by atoms with E-state index < -0.39 is 11.4 Å². The van der Waals surface area contributed by atoms with Crippen LogP contribution in [0.1, 0.15) is 33.1 Å². The minimum atomic E-state index is -1.01. The first-order valence-electron chi connectivity index (χ1n) is 6.38. The van der Waals surface area contributed by atoms with Crippen LogP contribution in [0.25, 0.3) is 0 Å². The van der Waals surface area contributed by atoms with Crippen LogP contribution < -0.4 is 0 Å². The van der Waals surface area contributed by atoms with Crippen LogP contribution in [-0.2, 0) is 14.3 Å². The normalized spacial score (nSPS) is 15.5. The molecule has 0 atom stereocenters. The number of carboxylic acids is 1. The SMILES string of the molecule is CN(CCOCC1CC1)C(=O)CC(C)(C)C(=O)O. The van der Waals surface area contributed by atoms with Crippen molar-refractivity contribution < 1.29 is 19.4 Å². The molecule has 18 heavy (non-hydrogen) atoms. The van der Waals surface area contributed by atoms with Gasteiger partial charge in [-0.2, -0.15) is 0 Å². The summed E-state index contributed by atoms with van der Waals surface area (Å²) in [5.41, 5.74) is -1.01. The van der Waals surface area contributed by atoms with Crippen molar-refractivity contribution >= 4 is 11.9 Å². The predicted octanol–water partition coefficient (Wildman–Crippen LogP) is 1.37. The van der Waals surface area contributed by atoms with Crippen LogP contribution in [0.2, 0.25) is 0 Å². The third-order valence-electron chi connectivity index (χ3n) is 3.22. The van der Waals surface area contributed by atoms with Crippen LogP contribution in [0.5, 0.6) is 0 Å². The van der Waals surface area contributed by atoms with Gasteiger partial charge in [-0.05, 0) is 32.6 Å². The summed E-state index contributed by atoms with van der Waals surface area (Å²) in [7, 11) is 1.68. The highest BCUT2D eigenvalue weighted by molar-refractivity contribution is 5.84. The van der Waals surface area contributed by atoms with Crippen molar-refractivity contribution in [3.63, 3.8) is 0 Å². The van der Waals surface area contributed by atoms with Gasteiger partial charge in [0.1, 0.15) is 0 Å². The lowest BCUT2D eigenvalue weighted by Gasteiger charge is -2.23. The average molecular weight is 257 g/mol. The Labute approximate surface area is 108 Å². The Balaban J connectivity index is 2.20. The minimum Gasteiger partial charge on any atom is -0.481 e. The van der Waals surface area contributed by atoms with Crippen LogP contribution in [0.4, 0.5) is 0 Å². The van der Waals surface area contributed by atoms with Gasteiger partial charge in [0.25, 0.3) is 0 Å². The van der Waals surface area contributed by atoms with Crippen molar-refractivity contribution in [1.82, 2.24) is 4.90 Å². The number of aliphatic carboxylic acids is 1. The first-order chi connectivity index (χ1) is 8.33. The van der Waals surface area contributed by atoms with E-state index in [1.807, 2.05) is 0 Å². The molecule has 0 radical (unpaired) electrons. The van der Waals surface area contributed by atoms with Gasteiger partial charge in [0, 0.05) is 26.6 Å². The van der Waals surface area contributed by atoms with Crippen LogP contribution >= 0.6 is 0 Å². The van der Waals surface area contributed by atoms with E-state index in [1.165, 1.54) is 17.7 Å². The smallest absolute Gasteiger partial charge is 0.309 e. The van der Waals surface area contributed by atoms with Gasteiger partial charge in [0.15, 0.2) is 0 Å². The predicted molar refractivity (Wildman–Crippen MR) is 67.2 cm³/mol. The van der Waals surface area contributed by atoms with Gasteiger partial charge in [-0.1, -0.05) is 0 Å². The molecule has 0 bridgehead atoms. The van der Waals surface area contributed by atoms with Crippen molar-refractivity contribution in [3.05, 3.63) is 0 Å². The quantitative estimate of drug-likeness (QED) is 0.667. The number of hydrogen-bond donors (Lipinski definition) is 1. The lowest BCUT2D eigenvalue weighted by molar-refractivity contribution is -0.151. The zero-order valence-corrected chi connectivity index (χ0v) is 11.4. The summed E-state index contributed by atoms with van der Waals surface area (Å²) in [6, 6.07) is 0. The van der Waals surface area contributed by atoms with Crippen LogP contribution in [0, 0.1) is 11.3 Å².